The number of hydrogen-bond acceptors (Lipinski definition) is 5. The lowest BCUT2D eigenvalue weighted by Gasteiger charge is -2.28. The van der Waals surface area contributed by atoms with Gasteiger partial charge in [0.2, 0.25) is 11.8 Å². The Morgan fingerprint density at radius 2 is 1.94 bits per heavy atom. The van der Waals surface area contributed by atoms with Crippen molar-refractivity contribution in [3.63, 3.8) is 0 Å². The number of benzene rings is 1. The van der Waals surface area contributed by atoms with E-state index in [0.29, 0.717) is 36.7 Å². The van der Waals surface area contributed by atoms with E-state index < -0.39 is 18.2 Å². The molecule has 0 bridgehead atoms. The van der Waals surface area contributed by atoms with E-state index in [-0.39, 0.29) is 30.9 Å². The van der Waals surface area contributed by atoms with Crippen LogP contribution in [0.15, 0.2) is 24.3 Å². The Kier molecular flexibility index (Phi) is 9.81. The average Bonchev–Trinajstić information content (AvgIpc) is 3.21. The number of ether oxygens (including phenoxy) is 1. The predicted octanol–water partition coefficient (Wildman–Crippen LogP) is 2.91. The zero-order chi connectivity index (χ0) is 23.6. The minimum Gasteiger partial charge on any atom is -0.445 e. The minimum absolute atomic E-state index is 0.0419. The number of rotatable bonds is 10. The molecule has 1 aliphatic heterocycles. The van der Waals surface area contributed by atoms with Crippen molar-refractivity contribution >= 4 is 29.5 Å². The SMILES string of the molecule is O=C(N[C@@H](CC1CCCCC1)C(=O)N[C@H](CO)C[C@@H]1CCNC1=O)OCc1cccc(Cl)c1. The van der Waals surface area contributed by atoms with Crippen molar-refractivity contribution in [2.75, 3.05) is 13.2 Å². The molecule has 33 heavy (non-hydrogen) atoms. The van der Waals surface area contributed by atoms with E-state index in [1.54, 1.807) is 24.3 Å². The van der Waals surface area contributed by atoms with Crippen molar-refractivity contribution < 1.29 is 24.2 Å². The monoisotopic (exact) mass is 479 g/mol. The molecule has 1 aromatic carbocycles. The van der Waals surface area contributed by atoms with E-state index in [2.05, 4.69) is 16.0 Å². The van der Waals surface area contributed by atoms with Gasteiger partial charge in [-0.2, -0.15) is 0 Å². The Morgan fingerprint density at radius 3 is 2.61 bits per heavy atom. The molecule has 8 nitrogen and oxygen atoms in total. The summed E-state index contributed by atoms with van der Waals surface area (Å²) in [4.78, 5) is 37.4. The zero-order valence-electron chi connectivity index (χ0n) is 18.9. The molecule has 1 heterocycles. The first-order valence-corrected chi connectivity index (χ1v) is 12.2. The second kappa shape index (κ2) is 12.8. The lowest BCUT2D eigenvalue weighted by Crippen LogP contribution is -2.51. The largest absolute Gasteiger partial charge is 0.445 e. The van der Waals surface area contributed by atoms with Gasteiger partial charge in [0.05, 0.1) is 12.6 Å². The second-order valence-electron chi connectivity index (χ2n) is 9.04. The number of hydrogen-bond donors (Lipinski definition) is 4. The van der Waals surface area contributed by atoms with Crippen LogP contribution in [0.3, 0.4) is 0 Å². The fourth-order valence-electron chi connectivity index (χ4n) is 4.64. The molecule has 0 radical (unpaired) electrons. The normalized spacial score (nSPS) is 20.5. The molecule has 0 spiro atoms. The molecule has 4 N–H and O–H groups in total. The van der Waals surface area contributed by atoms with E-state index in [9.17, 15) is 19.5 Å². The highest BCUT2D eigenvalue weighted by atomic mass is 35.5. The molecule has 0 aromatic heterocycles. The van der Waals surface area contributed by atoms with Gasteiger partial charge in [-0.05, 0) is 42.9 Å². The van der Waals surface area contributed by atoms with Gasteiger partial charge < -0.3 is 25.8 Å². The van der Waals surface area contributed by atoms with Gasteiger partial charge >= 0.3 is 6.09 Å². The molecule has 3 atom stereocenters. The molecule has 1 saturated heterocycles. The van der Waals surface area contributed by atoms with Gasteiger partial charge in [-0.15, -0.1) is 0 Å². The maximum Gasteiger partial charge on any atom is 0.408 e. The van der Waals surface area contributed by atoms with E-state index in [1.165, 1.54) is 6.42 Å². The van der Waals surface area contributed by atoms with Gasteiger partial charge in [-0.3, -0.25) is 9.59 Å². The summed E-state index contributed by atoms with van der Waals surface area (Å²) >= 11 is 5.97. The van der Waals surface area contributed by atoms with Gasteiger partial charge in [0.1, 0.15) is 12.6 Å². The lowest BCUT2D eigenvalue weighted by molar-refractivity contribution is -0.126. The number of aliphatic hydroxyl groups is 1. The number of nitrogens with one attached hydrogen (secondary N) is 3. The van der Waals surface area contributed by atoms with Crippen molar-refractivity contribution in [1.29, 1.82) is 0 Å². The van der Waals surface area contributed by atoms with Gasteiger partial charge in [-0.1, -0.05) is 55.8 Å². The molecule has 0 unspecified atom stereocenters. The molecule has 9 heteroatoms. The summed E-state index contributed by atoms with van der Waals surface area (Å²) in [5.41, 5.74) is 0.751. The number of carbonyl (C=O) groups excluding carboxylic acids is 3. The number of amides is 3. The molecule has 1 saturated carbocycles. The van der Waals surface area contributed by atoms with Crippen LogP contribution in [0.25, 0.3) is 0 Å². The van der Waals surface area contributed by atoms with Crippen molar-refractivity contribution in [2.24, 2.45) is 11.8 Å². The van der Waals surface area contributed by atoms with Crippen LogP contribution in [0.4, 0.5) is 4.79 Å². The lowest BCUT2D eigenvalue weighted by atomic mass is 9.84. The summed E-state index contributed by atoms with van der Waals surface area (Å²) in [6.45, 7) is 0.380. The summed E-state index contributed by atoms with van der Waals surface area (Å²) in [7, 11) is 0. The highest BCUT2D eigenvalue weighted by Crippen LogP contribution is 2.27. The molecule has 2 aliphatic rings. The Morgan fingerprint density at radius 1 is 1.15 bits per heavy atom. The Balaban J connectivity index is 1.58. The summed E-state index contributed by atoms with van der Waals surface area (Å²) in [6, 6.07) is 5.71. The molecule has 1 aliphatic carbocycles. The second-order valence-corrected chi connectivity index (χ2v) is 9.48. The molecule has 3 amide bonds. The first-order chi connectivity index (χ1) is 15.9. The summed E-state index contributed by atoms with van der Waals surface area (Å²) in [5.74, 6) is -0.298. The number of aliphatic hydroxyl groups excluding tert-OH is 1. The molecule has 182 valence electrons. The Bertz CT molecular complexity index is 815. The molecule has 3 rings (SSSR count). The smallest absolute Gasteiger partial charge is 0.408 e. The third kappa shape index (κ3) is 8.19. The highest BCUT2D eigenvalue weighted by molar-refractivity contribution is 6.30. The zero-order valence-corrected chi connectivity index (χ0v) is 19.6. The average molecular weight is 480 g/mol. The number of halogens is 1. The standard InChI is InChI=1S/C24H34ClN3O5/c25-19-8-4-7-17(11-19)15-33-24(32)28-21(12-16-5-2-1-3-6-16)23(31)27-20(14-29)13-18-9-10-26-22(18)30/h4,7-8,11,16,18,20-21,29H,1-3,5-6,9-10,12-15H2,(H,26,30)(H,27,31)(H,28,32)/t18-,20-,21-/m0/s1. The summed E-state index contributed by atoms with van der Waals surface area (Å²) in [6.07, 6.45) is 6.36. The van der Waals surface area contributed by atoms with Crippen molar-refractivity contribution in [3.05, 3.63) is 34.9 Å². The maximum absolute atomic E-state index is 13.1. The van der Waals surface area contributed by atoms with Crippen LogP contribution >= 0.6 is 11.6 Å². The van der Waals surface area contributed by atoms with Gasteiger partial charge in [-0.25, -0.2) is 4.79 Å². The quantitative estimate of drug-likeness (QED) is 0.411. The first kappa shape index (κ1) is 25.3. The van der Waals surface area contributed by atoms with Crippen LogP contribution in [-0.4, -0.2) is 48.2 Å². The van der Waals surface area contributed by atoms with Crippen LogP contribution in [-0.2, 0) is 20.9 Å². The van der Waals surface area contributed by atoms with Crippen LogP contribution in [0.2, 0.25) is 5.02 Å². The predicted molar refractivity (Wildman–Crippen MR) is 125 cm³/mol. The van der Waals surface area contributed by atoms with Crippen LogP contribution in [0.5, 0.6) is 0 Å². The topological polar surface area (TPSA) is 117 Å². The van der Waals surface area contributed by atoms with Gasteiger partial charge in [0.25, 0.3) is 0 Å². The number of carbonyl (C=O) groups is 3. The van der Waals surface area contributed by atoms with E-state index in [0.717, 1.165) is 31.2 Å². The van der Waals surface area contributed by atoms with Gasteiger partial charge in [0, 0.05) is 17.5 Å². The maximum atomic E-state index is 13.1. The molecule has 1 aromatic rings. The fraction of sp³-hybridized carbons (Fsp3) is 0.625. The molecular weight excluding hydrogens is 446 g/mol. The molecule has 2 fully saturated rings. The van der Waals surface area contributed by atoms with Gasteiger partial charge in [0.15, 0.2) is 0 Å². The van der Waals surface area contributed by atoms with Crippen molar-refractivity contribution in [3.8, 4) is 0 Å². The van der Waals surface area contributed by atoms with Crippen LogP contribution in [0.1, 0.15) is 56.9 Å². The molecular formula is C24H34ClN3O5. The fourth-order valence-corrected chi connectivity index (χ4v) is 4.85. The third-order valence-corrected chi connectivity index (χ3v) is 6.70. The highest BCUT2D eigenvalue weighted by Gasteiger charge is 2.31. The van der Waals surface area contributed by atoms with Crippen molar-refractivity contribution in [2.45, 2.75) is 70.1 Å². The summed E-state index contributed by atoms with van der Waals surface area (Å²) in [5, 5.41) is 18.6. The van der Waals surface area contributed by atoms with Crippen molar-refractivity contribution in [1.82, 2.24) is 16.0 Å². The van der Waals surface area contributed by atoms with Crippen LogP contribution in [0, 0.1) is 11.8 Å². The van der Waals surface area contributed by atoms with E-state index in [4.69, 9.17) is 16.3 Å². The first-order valence-electron chi connectivity index (χ1n) is 11.8. The number of alkyl carbamates (subject to hydrolysis) is 1. The van der Waals surface area contributed by atoms with E-state index >= 15 is 0 Å². The Hall–Kier alpha value is -2.32. The third-order valence-electron chi connectivity index (χ3n) is 6.46. The Labute approximate surface area is 199 Å². The van der Waals surface area contributed by atoms with Crippen LogP contribution < -0.4 is 16.0 Å². The summed E-state index contributed by atoms with van der Waals surface area (Å²) < 4.78 is 5.31. The van der Waals surface area contributed by atoms with E-state index in [1.807, 2.05) is 0 Å². The minimum atomic E-state index is -0.772.